The van der Waals surface area contributed by atoms with Gasteiger partial charge >= 0.3 is 12.4 Å². The lowest BCUT2D eigenvalue weighted by molar-refractivity contribution is -0.143. The van der Waals surface area contributed by atoms with E-state index >= 15 is 0 Å². The zero-order valence-corrected chi connectivity index (χ0v) is 20.5. The number of anilines is 3. The second-order valence-corrected chi connectivity index (χ2v) is 11.4. The number of benzene rings is 1. The van der Waals surface area contributed by atoms with Gasteiger partial charge in [0.25, 0.3) is 10.9 Å². The molecule has 0 spiro atoms. The summed E-state index contributed by atoms with van der Waals surface area (Å²) in [5.41, 5.74) is -5.85. The number of halogens is 6. The van der Waals surface area contributed by atoms with Crippen molar-refractivity contribution in [3.8, 4) is 0 Å². The molecule has 5 rings (SSSR count). The lowest BCUT2D eigenvalue weighted by Crippen LogP contribution is -2.47. The minimum Gasteiger partial charge on any atom is -0.377 e. The summed E-state index contributed by atoms with van der Waals surface area (Å²) >= 11 is 0. The number of rotatable bonds is 6. The highest BCUT2D eigenvalue weighted by atomic mass is 19.4. The molecule has 5 nitrogen and oxygen atoms in total. The van der Waals surface area contributed by atoms with Gasteiger partial charge in [-0.15, -0.1) is 0 Å². The van der Waals surface area contributed by atoms with Crippen LogP contribution >= 0.6 is 0 Å². The fourth-order valence-corrected chi connectivity index (χ4v) is 7.17. The highest BCUT2D eigenvalue weighted by Gasteiger charge is 2.64. The molecular weight excluding hydrogens is 500 g/mol. The fourth-order valence-electron chi connectivity index (χ4n) is 7.17. The fraction of sp³-hybridized carbons (Fsp3) is 0.615. The van der Waals surface area contributed by atoms with E-state index in [2.05, 4.69) is 29.8 Å². The number of hydrogen-bond donors (Lipinski definition) is 3. The first-order valence-electron chi connectivity index (χ1n) is 12.5. The van der Waals surface area contributed by atoms with Gasteiger partial charge in [0.2, 0.25) is 0 Å². The van der Waals surface area contributed by atoms with Gasteiger partial charge < -0.3 is 16.0 Å². The number of nitrogens with one attached hydrogen (secondary N) is 3. The van der Waals surface area contributed by atoms with Gasteiger partial charge in [0.1, 0.15) is 11.4 Å². The normalized spacial score (nSPS) is 29.2. The average Bonchev–Trinajstić information content (AvgIpc) is 3.46. The molecule has 3 N–H and O–H groups in total. The quantitative estimate of drug-likeness (QED) is 0.332. The largest absolute Gasteiger partial charge is 0.416 e. The maximum atomic E-state index is 13.3. The summed E-state index contributed by atoms with van der Waals surface area (Å²) in [6.45, 7) is 6.33. The molecule has 0 amide bonds. The van der Waals surface area contributed by atoms with E-state index in [1.807, 2.05) is 0 Å². The highest BCUT2D eigenvalue weighted by molar-refractivity contribution is 5.79. The molecule has 2 aromatic carbocycles. The minimum absolute atomic E-state index is 0.0130. The minimum atomic E-state index is -5.03. The molecule has 2 aromatic rings. The second-order valence-electron chi connectivity index (χ2n) is 11.4. The highest BCUT2D eigenvalue weighted by Crippen LogP contribution is 2.68. The molecule has 2 saturated carbocycles. The van der Waals surface area contributed by atoms with Crippen molar-refractivity contribution in [2.75, 3.05) is 23.7 Å². The van der Waals surface area contributed by atoms with E-state index in [-0.39, 0.29) is 34.3 Å². The van der Waals surface area contributed by atoms with Gasteiger partial charge in [0.15, 0.2) is 0 Å². The van der Waals surface area contributed by atoms with E-state index < -0.39 is 40.0 Å². The van der Waals surface area contributed by atoms with E-state index in [1.165, 1.54) is 0 Å². The Balaban J connectivity index is 1.45. The van der Waals surface area contributed by atoms with Gasteiger partial charge in [0.05, 0.1) is 11.1 Å². The van der Waals surface area contributed by atoms with Crippen molar-refractivity contribution in [3.05, 3.63) is 49.8 Å². The standard InChI is InChI=1S/C26H29F6N3O2/c1-23(2)14-3-5-24(23,11-13-4-6-33-12-13)18(10-14)35-20-19(21(36)22(20)37)34-17-8-15(25(27,28)29)7-16(9-17)26(30,31)32/h7-9,13-14,18,33-35H,3-6,10-12H2,1-2H3/t13?,14-,18+,24-/m1/s1. The molecular formula is C26H29F6N3O2. The van der Waals surface area contributed by atoms with Crippen LogP contribution in [0.15, 0.2) is 27.8 Å². The molecule has 1 saturated heterocycles. The third kappa shape index (κ3) is 4.23. The van der Waals surface area contributed by atoms with Crippen LogP contribution in [-0.2, 0) is 12.4 Å². The van der Waals surface area contributed by atoms with Crippen LogP contribution in [0.3, 0.4) is 0 Å². The van der Waals surface area contributed by atoms with Gasteiger partial charge in [-0.1, -0.05) is 13.8 Å². The van der Waals surface area contributed by atoms with Crippen molar-refractivity contribution in [1.29, 1.82) is 0 Å². The van der Waals surface area contributed by atoms with E-state index in [4.69, 9.17) is 0 Å². The zero-order valence-electron chi connectivity index (χ0n) is 20.5. The monoisotopic (exact) mass is 529 g/mol. The van der Waals surface area contributed by atoms with Crippen molar-refractivity contribution in [2.24, 2.45) is 22.7 Å². The predicted molar refractivity (Wildman–Crippen MR) is 128 cm³/mol. The van der Waals surface area contributed by atoms with Crippen molar-refractivity contribution < 1.29 is 26.3 Å². The van der Waals surface area contributed by atoms with Crippen LogP contribution in [0.1, 0.15) is 57.1 Å². The summed E-state index contributed by atoms with van der Waals surface area (Å²) in [5.74, 6) is 0.900. The molecule has 1 aliphatic heterocycles. The van der Waals surface area contributed by atoms with Crippen molar-refractivity contribution in [3.63, 3.8) is 0 Å². The molecule has 37 heavy (non-hydrogen) atoms. The molecule has 1 unspecified atom stereocenters. The third-order valence-electron chi connectivity index (χ3n) is 9.33. The molecule has 2 aliphatic carbocycles. The number of hydrogen-bond acceptors (Lipinski definition) is 5. The van der Waals surface area contributed by atoms with Gasteiger partial charge in [-0.05, 0) is 86.1 Å². The Morgan fingerprint density at radius 2 is 1.57 bits per heavy atom. The molecule has 0 aromatic heterocycles. The number of alkyl halides is 6. The summed E-state index contributed by atoms with van der Waals surface area (Å²) in [5, 5.41) is 9.02. The summed E-state index contributed by atoms with van der Waals surface area (Å²) in [4.78, 5) is 24.9. The molecule has 3 aliphatic rings. The number of fused-ring (bicyclic) bond motifs is 2. The first-order valence-corrected chi connectivity index (χ1v) is 12.5. The summed E-state index contributed by atoms with van der Waals surface area (Å²) in [7, 11) is 0. The Morgan fingerprint density at radius 3 is 2.11 bits per heavy atom. The predicted octanol–water partition coefficient (Wildman–Crippen LogP) is 5.67. The van der Waals surface area contributed by atoms with Gasteiger partial charge in [-0.2, -0.15) is 26.3 Å². The molecule has 1 heterocycles. The smallest absolute Gasteiger partial charge is 0.377 e. The van der Waals surface area contributed by atoms with Gasteiger partial charge in [-0.3, -0.25) is 9.59 Å². The summed E-state index contributed by atoms with van der Waals surface area (Å²) in [6.07, 6.45) is -5.24. The lowest BCUT2D eigenvalue weighted by Gasteiger charge is -2.45. The maximum absolute atomic E-state index is 13.3. The first kappa shape index (κ1) is 26.1. The second kappa shape index (κ2) is 8.47. The average molecular weight is 530 g/mol. The van der Waals surface area contributed by atoms with E-state index in [1.54, 1.807) is 0 Å². The molecule has 202 valence electrons. The molecule has 2 bridgehead atoms. The van der Waals surface area contributed by atoms with Crippen LogP contribution in [0.5, 0.6) is 0 Å². The lowest BCUT2D eigenvalue weighted by atomic mass is 9.63. The summed E-state index contributed by atoms with van der Waals surface area (Å²) in [6, 6.07) is 0.903. The van der Waals surface area contributed by atoms with Crippen LogP contribution < -0.4 is 26.8 Å². The SMILES string of the molecule is CC1(C)[C@@H]2CC[C@@]1(CC1CCNC1)[C@@H](Nc1c(Nc3cc(C(F)(F)F)cc(C(F)(F)F)c3)c(=O)c1=O)C2. The Labute approximate surface area is 209 Å². The van der Waals surface area contributed by atoms with Crippen LogP contribution in [0, 0.1) is 22.7 Å². The molecule has 3 fully saturated rings. The molecule has 0 radical (unpaired) electrons. The van der Waals surface area contributed by atoms with Crippen molar-refractivity contribution >= 4 is 17.1 Å². The third-order valence-corrected chi connectivity index (χ3v) is 9.33. The van der Waals surface area contributed by atoms with Gasteiger partial charge in [-0.25, -0.2) is 0 Å². The van der Waals surface area contributed by atoms with Gasteiger partial charge in [0, 0.05) is 11.7 Å². The Bertz CT molecular complexity index is 1240. The Kier molecular flexibility index (Phi) is 5.97. The first-order chi connectivity index (χ1) is 17.1. The van der Waals surface area contributed by atoms with E-state index in [0.717, 1.165) is 45.2 Å². The maximum Gasteiger partial charge on any atom is 0.416 e. The van der Waals surface area contributed by atoms with Crippen molar-refractivity contribution in [1.82, 2.24) is 5.32 Å². The van der Waals surface area contributed by atoms with Crippen LogP contribution in [0.2, 0.25) is 0 Å². The topological polar surface area (TPSA) is 70.2 Å². The van der Waals surface area contributed by atoms with Crippen LogP contribution in [0.25, 0.3) is 0 Å². The Hall–Kier alpha value is -2.56. The van der Waals surface area contributed by atoms with Crippen LogP contribution in [-0.4, -0.2) is 19.1 Å². The van der Waals surface area contributed by atoms with E-state index in [0.29, 0.717) is 24.0 Å². The van der Waals surface area contributed by atoms with E-state index in [9.17, 15) is 35.9 Å². The Morgan fingerprint density at radius 1 is 0.946 bits per heavy atom. The summed E-state index contributed by atoms with van der Waals surface area (Å²) < 4.78 is 79.7. The van der Waals surface area contributed by atoms with Crippen LogP contribution in [0.4, 0.5) is 43.4 Å². The molecule has 4 atom stereocenters. The zero-order chi connectivity index (χ0) is 27.0. The molecule has 11 heteroatoms. The van der Waals surface area contributed by atoms with Crippen molar-refractivity contribution in [2.45, 2.75) is 64.3 Å².